The molecule has 1 aromatic heterocycles. The highest BCUT2D eigenvalue weighted by Gasteiger charge is 2.19. The van der Waals surface area contributed by atoms with Crippen LogP contribution in [-0.4, -0.2) is 67.1 Å². The molecular formula is C24H30IN5O2. The van der Waals surface area contributed by atoms with Gasteiger partial charge in [0.25, 0.3) is 0 Å². The average Bonchev–Trinajstić information content (AvgIpc) is 3.31. The second-order valence-corrected chi connectivity index (χ2v) is 7.40. The largest absolute Gasteiger partial charge is 0.492 e. The molecule has 3 aromatic rings. The van der Waals surface area contributed by atoms with Crippen LogP contribution in [0.25, 0.3) is 11.5 Å². The number of para-hydroxylation sites is 1. The minimum Gasteiger partial charge on any atom is -0.492 e. The van der Waals surface area contributed by atoms with Crippen LogP contribution in [0.15, 0.2) is 76.3 Å². The Morgan fingerprint density at radius 2 is 1.72 bits per heavy atom. The molecule has 0 bridgehead atoms. The van der Waals surface area contributed by atoms with Crippen LogP contribution in [0, 0.1) is 0 Å². The molecule has 4 rings (SSSR count). The Morgan fingerprint density at radius 3 is 2.41 bits per heavy atom. The van der Waals surface area contributed by atoms with E-state index in [2.05, 4.69) is 25.1 Å². The standard InChI is InChI=1S/C24H29N5O2.HI/c1-25-24(26-18-21-19-31-23(27-21)20-8-4-2-5-9-20)29-14-12-28(13-15-29)16-17-30-22-10-6-3-7-11-22;/h2-11,19H,12-18H2,1H3,(H,25,26);1H. The summed E-state index contributed by atoms with van der Waals surface area (Å²) in [6.07, 6.45) is 1.70. The molecule has 1 saturated heterocycles. The average molecular weight is 547 g/mol. The summed E-state index contributed by atoms with van der Waals surface area (Å²) in [4.78, 5) is 13.7. The van der Waals surface area contributed by atoms with Crippen molar-refractivity contribution in [2.24, 2.45) is 4.99 Å². The Labute approximate surface area is 206 Å². The van der Waals surface area contributed by atoms with E-state index in [1.807, 2.05) is 67.7 Å². The first-order valence-electron chi connectivity index (χ1n) is 10.7. The topological polar surface area (TPSA) is 66.1 Å². The van der Waals surface area contributed by atoms with Gasteiger partial charge in [-0.15, -0.1) is 24.0 Å². The van der Waals surface area contributed by atoms with Crippen LogP contribution >= 0.6 is 24.0 Å². The third-order valence-corrected chi connectivity index (χ3v) is 5.30. The van der Waals surface area contributed by atoms with Gasteiger partial charge in [-0.1, -0.05) is 36.4 Å². The summed E-state index contributed by atoms with van der Waals surface area (Å²) in [7, 11) is 1.82. The molecule has 1 N–H and O–H groups in total. The van der Waals surface area contributed by atoms with Crippen LogP contribution in [-0.2, 0) is 6.54 Å². The lowest BCUT2D eigenvalue weighted by molar-refractivity contribution is 0.152. The number of hydrogen-bond donors (Lipinski definition) is 1. The van der Waals surface area contributed by atoms with Gasteiger partial charge in [-0.25, -0.2) is 4.98 Å². The highest BCUT2D eigenvalue weighted by atomic mass is 127. The number of aromatic nitrogens is 1. The maximum Gasteiger partial charge on any atom is 0.226 e. The van der Waals surface area contributed by atoms with Gasteiger partial charge < -0.3 is 19.4 Å². The molecule has 0 amide bonds. The number of halogens is 1. The van der Waals surface area contributed by atoms with Gasteiger partial charge in [0.1, 0.15) is 18.6 Å². The van der Waals surface area contributed by atoms with Crippen molar-refractivity contribution in [3.63, 3.8) is 0 Å². The number of oxazole rings is 1. The SMILES string of the molecule is CN=C(NCc1coc(-c2ccccc2)n1)N1CCN(CCOc2ccccc2)CC1.I. The first kappa shape index (κ1) is 24.1. The highest BCUT2D eigenvalue weighted by Crippen LogP contribution is 2.17. The fourth-order valence-electron chi connectivity index (χ4n) is 3.60. The number of nitrogens with zero attached hydrogens (tertiary/aromatic N) is 4. The fourth-order valence-corrected chi connectivity index (χ4v) is 3.60. The second-order valence-electron chi connectivity index (χ2n) is 7.40. The Hall–Kier alpha value is -2.59. The van der Waals surface area contributed by atoms with Crippen molar-refractivity contribution in [2.45, 2.75) is 6.54 Å². The molecule has 0 unspecified atom stereocenters. The molecule has 0 atom stereocenters. The van der Waals surface area contributed by atoms with E-state index >= 15 is 0 Å². The van der Waals surface area contributed by atoms with Gasteiger partial charge >= 0.3 is 0 Å². The number of guanidine groups is 1. The minimum absolute atomic E-state index is 0. The summed E-state index contributed by atoms with van der Waals surface area (Å²) in [5.41, 5.74) is 1.84. The van der Waals surface area contributed by atoms with E-state index in [9.17, 15) is 0 Å². The molecule has 0 aliphatic carbocycles. The van der Waals surface area contributed by atoms with E-state index in [-0.39, 0.29) is 24.0 Å². The van der Waals surface area contributed by atoms with E-state index in [0.29, 0.717) is 19.0 Å². The maximum atomic E-state index is 5.82. The van der Waals surface area contributed by atoms with Crippen molar-refractivity contribution >= 4 is 29.9 Å². The maximum absolute atomic E-state index is 5.82. The van der Waals surface area contributed by atoms with Crippen LogP contribution in [0.1, 0.15) is 5.69 Å². The van der Waals surface area contributed by atoms with E-state index in [0.717, 1.165) is 55.7 Å². The Morgan fingerprint density at radius 1 is 1.03 bits per heavy atom. The van der Waals surface area contributed by atoms with E-state index in [1.165, 1.54) is 0 Å². The van der Waals surface area contributed by atoms with Gasteiger partial charge in [0.15, 0.2) is 5.96 Å². The molecule has 8 heteroatoms. The molecule has 0 radical (unpaired) electrons. The summed E-state index contributed by atoms with van der Waals surface area (Å²) in [5, 5.41) is 3.41. The first-order chi connectivity index (χ1) is 15.3. The van der Waals surface area contributed by atoms with Crippen molar-refractivity contribution in [1.29, 1.82) is 0 Å². The summed E-state index contributed by atoms with van der Waals surface area (Å²) < 4.78 is 11.4. The zero-order valence-corrected chi connectivity index (χ0v) is 20.6. The molecule has 1 aliphatic rings. The van der Waals surface area contributed by atoms with Gasteiger partial charge in [0, 0.05) is 45.3 Å². The minimum atomic E-state index is 0. The molecule has 2 heterocycles. The lowest BCUT2D eigenvalue weighted by Crippen LogP contribution is -2.52. The predicted molar refractivity (Wildman–Crippen MR) is 138 cm³/mol. The van der Waals surface area contributed by atoms with Crippen LogP contribution < -0.4 is 10.1 Å². The number of aliphatic imine (C=N–C) groups is 1. The van der Waals surface area contributed by atoms with E-state index < -0.39 is 0 Å². The Bertz CT molecular complexity index is 957. The number of ether oxygens (including phenoxy) is 1. The molecule has 1 aliphatic heterocycles. The predicted octanol–water partition coefficient (Wildman–Crippen LogP) is 3.73. The molecule has 0 saturated carbocycles. The summed E-state index contributed by atoms with van der Waals surface area (Å²) in [6.45, 7) is 6.04. The van der Waals surface area contributed by atoms with E-state index in [1.54, 1.807) is 6.26 Å². The third-order valence-electron chi connectivity index (χ3n) is 5.30. The second kappa shape index (κ2) is 12.4. The Kier molecular flexibility index (Phi) is 9.36. The van der Waals surface area contributed by atoms with Gasteiger partial charge in [0.2, 0.25) is 5.89 Å². The van der Waals surface area contributed by atoms with E-state index in [4.69, 9.17) is 9.15 Å². The summed E-state index contributed by atoms with van der Waals surface area (Å²) in [5.74, 6) is 2.46. The summed E-state index contributed by atoms with van der Waals surface area (Å²) in [6, 6.07) is 19.9. The zero-order valence-electron chi connectivity index (χ0n) is 18.3. The fraction of sp³-hybridized carbons (Fsp3) is 0.333. The number of benzene rings is 2. The molecule has 170 valence electrons. The van der Waals surface area contributed by atoms with Crippen molar-refractivity contribution in [2.75, 3.05) is 46.4 Å². The van der Waals surface area contributed by atoms with Gasteiger partial charge in [-0.2, -0.15) is 0 Å². The van der Waals surface area contributed by atoms with Crippen LogP contribution in [0.3, 0.4) is 0 Å². The Balaban J connectivity index is 0.00000289. The van der Waals surface area contributed by atoms with Crippen molar-refractivity contribution < 1.29 is 9.15 Å². The summed E-state index contributed by atoms with van der Waals surface area (Å²) >= 11 is 0. The number of rotatable bonds is 7. The van der Waals surface area contributed by atoms with Gasteiger partial charge in [-0.3, -0.25) is 9.89 Å². The van der Waals surface area contributed by atoms with Crippen LogP contribution in [0.4, 0.5) is 0 Å². The smallest absolute Gasteiger partial charge is 0.226 e. The van der Waals surface area contributed by atoms with Gasteiger partial charge in [-0.05, 0) is 24.3 Å². The van der Waals surface area contributed by atoms with Crippen molar-refractivity contribution in [3.8, 4) is 17.2 Å². The lowest BCUT2D eigenvalue weighted by atomic mass is 10.2. The monoisotopic (exact) mass is 547 g/mol. The third kappa shape index (κ3) is 6.70. The van der Waals surface area contributed by atoms with Crippen LogP contribution in [0.5, 0.6) is 5.75 Å². The normalized spacial score (nSPS) is 14.7. The first-order valence-corrected chi connectivity index (χ1v) is 10.7. The molecular weight excluding hydrogens is 517 g/mol. The number of piperazine rings is 1. The zero-order chi connectivity index (χ0) is 21.3. The molecule has 0 spiro atoms. The van der Waals surface area contributed by atoms with Crippen LogP contribution in [0.2, 0.25) is 0 Å². The van der Waals surface area contributed by atoms with Gasteiger partial charge in [0.05, 0.1) is 12.2 Å². The quantitative estimate of drug-likeness (QED) is 0.277. The molecule has 2 aromatic carbocycles. The number of hydrogen-bond acceptors (Lipinski definition) is 5. The number of nitrogens with one attached hydrogen (secondary N) is 1. The molecule has 32 heavy (non-hydrogen) atoms. The highest BCUT2D eigenvalue weighted by molar-refractivity contribution is 14.0. The van der Waals surface area contributed by atoms with Crippen molar-refractivity contribution in [1.82, 2.24) is 20.1 Å². The lowest BCUT2D eigenvalue weighted by Gasteiger charge is -2.36. The molecule has 7 nitrogen and oxygen atoms in total. The molecule has 1 fully saturated rings. The van der Waals surface area contributed by atoms with Crippen molar-refractivity contribution in [3.05, 3.63) is 72.6 Å².